The Balaban J connectivity index is 2.00. The molecule has 0 bridgehead atoms. The van der Waals surface area contributed by atoms with E-state index in [0.717, 1.165) is 31.6 Å². The Kier molecular flexibility index (Phi) is 7.57. The summed E-state index contributed by atoms with van der Waals surface area (Å²) in [6.45, 7) is 7.76. The highest BCUT2D eigenvalue weighted by atomic mass is 16.3. The molecular weight excluding hydrogens is 282 g/mol. The SMILES string of the molecule is CCCCN(CCCC)CCC(O)c1cccc2ccccc12. The van der Waals surface area contributed by atoms with Crippen LogP contribution < -0.4 is 0 Å². The third-order valence-corrected chi connectivity index (χ3v) is 4.56. The molecular formula is C21H31NO. The van der Waals surface area contributed by atoms with Crippen LogP contribution in [0.3, 0.4) is 0 Å². The van der Waals surface area contributed by atoms with Crippen LogP contribution in [0.4, 0.5) is 0 Å². The highest BCUT2D eigenvalue weighted by Gasteiger charge is 2.13. The maximum atomic E-state index is 10.7. The normalized spacial score (nSPS) is 12.9. The molecule has 0 aliphatic carbocycles. The second-order valence-electron chi connectivity index (χ2n) is 6.42. The van der Waals surface area contributed by atoms with Crippen molar-refractivity contribution in [2.24, 2.45) is 0 Å². The van der Waals surface area contributed by atoms with Gasteiger partial charge in [0.2, 0.25) is 0 Å². The fourth-order valence-electron chi connectivity index (χ4n) is 3.10. The molecule has 2 rings (SSSR count). The predicted molar refractivity (Wildman–Crippen MR) is 99.8 cm³/mol. The number of aliphatic hydroxyl groups excluding tert-OH is 1. The van der Waals surface area contributed by atoms with Crippen molar-refractivity contribution in [3.05, 3.63) is 48.0 Å². The predicted octanol–water partition coefficient (Wildman–Crippen LogP) is 5.17. The minimum Gasteiger partial charge on any atom is -0.388 e. The Morgan fingerprint density at radius 3 is 2.22 bits per heavy atom. The van der Waals surface area contributed by atoms with E-state index in [1.807, 2.05) is 12.1 Å². The number of aliphatic hydroxyl groups is 1. The summed E-state index contributed by atoms with van der Waals surface area (Å²) in [7, 11) is 0. The summed E-state index contributed by atoms with van der Waals surface area (Å²) in [6, 6.07) is 14.5. The van der Waals surface area contributed by atoms with Crippen LogP contribution in [-0.4, -0.2) is 29.6 Å². The highest BCUT2D eigenvalue weighted by Crippen LogP contribution is 2.26. The van der Waals surface area contributed by atoms with E-state index in [1.54, 1.807) is 0 Å². The molecule has 0 amide bonds. The van der Waals surface area contributed by atoms with Crippen LogP contribution in [0.2, 0.25) is 0 Å². The molecule has 0 spiro atoms. The lowest BCUT2D eigenvalue weighted by molar-refractivity contribution is 0.141. The summed E-state index contributed by atoms with van der Waals surface area (Å²) >= 11 is 0. The molecule has 2 aromatic rings. The Bertz CT molecular complexity index is 568. The van der Waals surface area contributed by atoms with Crippen LogP contribution in [0.1, 0.15) is 57.6 Å². The fraction of sp³-hybridized carbons (Fsp3) is 0.524. The van der Waals surface area contributed by atoms with Crippen LogP contribution >= 0.6 is 0 Å². The molecule has 1 N–H and O–H groups in total. The average molecular weight is 313 g/mol. The Morgan fingerprint density at radius 2 is 1.52 bits per heavy atom. The van der Waals surface area contributed by atoms with Gasteiger partial charge in [0.15, 0.2) is 0 Å². The second kappa shape index (κ2) is 9.69. The highest BCUT2D eigenvalue weighted by molar-refractivity contribution is 5.85. The third kappa shape index (κ3) is 5.33. The first-order valence-electron chi connectivity index (χ1n) is 9.14. The molecule has 1 unspecified atom stereocenters. The van der Waals surface area contributed by atoms with E-state index in [2.05, 4.69) is 49.1 Å². The van der Waals surface area contributed by atoms with Gasteiger partial charge in [0.1, 0.15) is 0 Å². The average Bonchev–Trinajstić information content (AvgIpc) is 2.60. The van der Waals surface area contributed by atoms with E-state index in [-0.39, 0.29) is 6.10 Å². The topological polar surface area (TPSA) is 23.5 Å². The summed E-state index contributed by atoms with van der Waals surface area (Å²) < 4.78 is 0. The fourth-order valence-corrected chi connectivity index (χ4v) is 3.10. The first-order valence-corrected chi connectivity index (χ1v) is 9.14. The quantitative estimate of drug-likeness (QED) is 0.654. The lowest BCUT2D eigenvalue weighted by atomic mass is 9.98. The first-order chi connectivity index (χ1) is 11.3. The molecule has 2 nitrogen and oxygen atoms in total. The Morgan fingerprint density at radius 1 is 0.870 bits per heavy atom. The summed E-state index contributed by atoms with van der Waals surface area (Å²) in [6.07, 6.45) is 5.37. The number of nitrogens with zero attached hydrogens (tertiary/aromatic N) is 1. The largest absolute Gasteiger partial charge is 0.388 e. The van der Waals surface area contributed by atoms with Crippen molar-refractivity contribution in [1.29, 1.82) is 0 Å². The minimum atomic E-state index is -0.383. The summed E-state index contributed by atoms with van der Waals surface area (Å²) in [5.41, 5.74) is 1.06. The van der Waals surface area contributed by atoms with E-state index in [9.17, 15) is 5.11 Å². The van der Waals surface area contributed by atoms with Gasteiger partial charge in [0, 0.05) is 6.54 Å². The molecule has 0 fully saturated rings. The number of benzene rings is 2. The zero-order chi connectivity index (χ0) is 16.5. The van der Waals surface area contributed by atoms with E-state index >= 15 is 0 Å². The van der Waals surface area contributed by atoms with Gasteiger partial charge in [-0.15, -0.1) is 0 Å². The van der Waals surface area contributed by atoms with Crippen LogP contribution in [0, 0.1) is 0 Å². The molecule has 0 saturated heterocycles. The molecule has 0 aromatic heterocycles. The first kappa shape index (κ1) is 18.0. The zero-order valence-electron chi connectivity index (χ0n) is 14.7. The number of hydrogen-bond acceptors (Lipinski definition) is 2. The molecule has 126 valence electrons. The van der Waals surface area contributed by atoms with Crippen molar-refractivity contribution in [1.82, 2.24) is 4.90 Å². The van der Waals surface area contributed by atoms with Crippen LogP contribution in [0.5, 0.6) is 0 Å². The molecule has 0 radical (unpaired) electrons. The molecule has 0 aliphatic rings. The molecule has 2 aromatic carbocycles. The lowest BCUT2D eigenvalue weighted by Gasteiger charge is -2.24. The number of unbranched alkanes of at least 4 members (excludes halogenated alkanes) is 2. The summed E-state index contributed by atoms with van der Waals surface area (Å²) in [4.78, 5) is 2.52. The van der Waals surface area contributed by atoms with Gasteiger partial charge in [-0.25, -0.2) is 0 Å². The van der Waals surface area contributed by atoms with Crippen molar-refractivity contribution in [3.63, 3.8) is 0 Å². The van der Waals surface area contributed by atoms with Crippen LogP contribution in [0.25, 0.3) is 10.8 Å². The molecule has 23 heavy (non-hydrogen) atoms. The summed E-state index contributed by atoms with van der Waals surface area (Å²) in [5, 5.41) is 13.1. The van der Waals surface area contributed by atoms with Gasteiger partial charge < -0.3 is 10.0 Å². The van der Waals surface area contributed by atoms with Crippen molar-refractivity contribution in [2.45, 2.75) is 52.1 Å². The van der Waals surface area contributed by atoms with Gasteiger partial charge in [-0.05, 0) is 48.7 Å². The maximum absolute atomic E-state index is 10.7. The van der Waals surface area contributed by atoms with Crippen LogP contribution in [-0.2, 0) is 0 Å². The molecule has 1 atom stereocenters. The molecule has 0 aliphatic heterocycles. The third-order valence-electron chi connectivity index (χ3n) is 4.56. The van der Waals surface area contributed by atoms with Gasteiger partial charge in [0.05, 0.1) is 6.10 Å². The standard InChI is InChI=1S/C21H31NO/c1-3-5-15-22(16-6-4-2)17-14-21(23)20-13-9-11-18-10-7-8-12-19(18)20/h7-13,21,23H,3-6,14-17H2,1-2H3. The smallest absolute Gasteiger partial charge is 0.0808 e. The molecule has 0 saturated carbocycles. The monoisotopic (exact) mass is 313 g/mol. The zero-order valence-corrected chi connectivity index (χ0v) is 14.7. The number of fused-ring (bicyclic) bond motifs is 1. The van der Waals surface area contributed by atoms with Gasteiger partial charge in [-0.2, -0.15) is 0 Å². The Labute approximate surface area is 141 Å². The van der Waals surface area contributed by atoms with Crippen LogP contribution in [0.15, 0.2) is 42.5 Å². The van der Waals surface area contributed by atoms with Crippen molar-refractivity contribution in [2.75, 3.05) is 19.6 Å². The van der Waals surface area contributed by atoms with E-state index < -0.39 is 0 Å². The second-order valence-corrected chi connectivity index (χ2v) is 6.42. The van der Waals surface area contributed by atoms with Crippen molar-refractivity contribution in [3.8, 4) is 0 Å². The van der Waals surface area contributed by atoms with E-state index in [1.165, 1.54) is 36.5 Å². The van der Waals surface area contributed by atoms with E-state index in [4.69, 9.17) is 0 Å². The summed E-state index contributed by atoms with van der Waals surface area (Å²) in [5.74, 6) is 0. The van der Waals surface area contributed by atoms with Crippen molar-refractivity contribution >= 4 is 10.8 Å². The van der Waals surface area contributed by atoms with Gasteiger partial charge in [-0.1, -0.05) is 69.2 Å². The molecule has 0 heterocycles. The Hall–Kier alpha value is -1.38. The van der Waals surface area contributed by atoms with Gasteiger partial charge >= 0.3 is 0 Å². The lowest BCUT2D eigenvalue weighted by Crippen LogP contribution is -2.28. The van der Waals surface area contributed by atoms with E-state index in [0.29, 0.717) is 0 Å². The van der Waals surface area contributed by atoms with Gasteiger partial charge in [0.25, 0.3) is 0 Å². The number of rotatable bonds is 10. The molecule has 2 heteroatoms. The number of hydrogen-bond donors (Lipinski definition) is 1. The minimum absolute atomic E-state index is 0.383. The van der Waals surface area contributed by atoms with Crippen molar-refractivity contribution < 1.29 is 5.11 Å². The van der Waals surface area contributed by atoms with Gasteiger partial charge in [-0.3, -0.25) is 0 Å². The maximum Gasteiger partial charge on any atom is 0.0808 e.